The highest BCUT2D eigenvalue weighted by Crippen LogP contribution is 2.09. The van der Waals surface area contributed by atoms with E-state index in [4.69, 9.17) is 0 Å². The summed E-state index contributed by atoms with van der Waals surface area (Å²) in [4.78, 5) is 20.2. The largest absolute Gasteiger partial charge is 0.338 e. The highest BCUT2D eigenvalue weighted by Gasteiger charge is 2.08. The van der Waals surface area contributed by atoms with Gasteiger partial charge in [-0.05, 0) is 25.5 Å². The number of carbonyl (C=O) groups is 1. The normalized spacial score (nSPS) is 11.9. The first-order valence-electron chi connectivity index (χ1n) is 6.50. The van der Waals surface area contributed by atoms with Crippen LogP contribution in [0.25, 0.3) is 0 Å². The maximum atomic E-state index is 11.8. The number of pyridine rings is 1. The van der Waals surface area contributed by atoms with Crippen molar-refractivity contribution in [2.24, 2.45) is 0 Å². The Labute approximate surface area is 122 Å². The van der Waals surface area contributed by atoms with Gasteiger partial charge in [-0.25, -0.2) is 9.78 Å². The Morgan fingerprint density at radius 3 is 3.00 bits per heavy atom. The molecule has 2 amide bonds. The molecule has 0 saturated carbocycles. The predicted molar refractivity (Wildman–Crippen MR) is 79.7 cm³/mol. The van der Waals surface area contributed by atoms with Crippen molar-refractivity contribution in [3.8, 4) is 0 Å². The standard InChI is InChI=1S/C14H18N4OS/c1-10(12-4-3-6-15-8-12)17-14(19)16-7-5-13-9-20-11(2)18-13/h3-4,6,8-10H,5,7H2,1-2H3,(H2,16,17,19). The summed E-state index contributed by atoms with van der Waals surface area (Å²) in [5, 5.41) is 8.79. The van der Waals surface area contributed by atoms with Crippen molar-refractivity contribution in [1.29, 1.82) is 0 Å². The van der Waals surface area contributed by atoms with Crippen molar-refractivity contribution < 1.29 is 4.79 Å². The lowest BCUT2D eigenvalue weighted by molar-refractivity contribution is 0.238. The molecular formula is C14H18N4OS. The number of aromatic nitrogens is 2. The van der Waals surface area contributed by atoms with Crippen molar-refractivity contribution in [1.82, 2.24) is 20.6 Å². The molecule has 0 saturated heterocycles. The Balaban J connectivity index is 1.73. The van der Waals surface area contributed by atoms with Gasteiger partial charge in [-0.1, -0.05) is 6.07 Å². The second-order valence-electron chi connectivity index (χ2n) is 4.52. The van der Waals surface area contributed by atoms with E-state index in [2.05, 4.69) is 20.6 Å². The van der Waals surface area contributed by atoms with E-state index in [0.29, 0.717) is 6.54 Å². The minimum Gasteiger partial charge on any atom is -0.338 e. The van der Waals surface area contributed by atoms with Gasteiger partial charge in [0.25, 0.3) is 0 Å². The number of urea groups is 1. The number of hydrogen-bond donors (Lipinski definition) is 2. The van der Waals surface area contributed by atoms with Crippen LogP contribution >= 0.6 is 11.3 Å². The summed E-state index contributed by atoms with van der Waals surface area (Å²) in [6, 6.07) is 3.56. The van der Waals surface area contributed by atoms with E-state index in [0.717, 1.165) is 22.7 Å². The van der Waals surface area contributed by atoms with E-state index in [1.807, 2.05) is 31.4 Å². The molecule has 0 aliphatic heterocycles. The van der Waals surface area contributed by atoms with Crippen LogP contribution in [0.2, 0.25) is 0 Å². The van der Waals surface area contributed by atoms with Gasteiger partial charge >= 0.3 is 6.03 Å². The maximum Gasteiger partial charge on any atom is 0.315 e. The van der Waals surface area contributed by atoms with Gasteiger partial charge < -0.3 is 10.6 Å². The monoisotopic (exact) mass is 290 g/mol. The number of nitrogens with zero attached hydrogens (tertiary/aromatic N) is 2. The molecule has 2 rings (SSSR count). The summed E-state index contributed by atoms with van der Waals surface area (Å²) in [6.07, 6.45) is 4.22. The van der Waals surface area contributed by atoms with Crippen LogP contribution in [-0.4, -0.2) is 22.5 Å². The van der Waals surface area contributed by atoms with Gasteiger partial charge in [0.05, 0.1) is 16.7 Å². The summed E-state index contributed by atoms with van der Waals surface area (Å²) in [6.45, 7) is 4.49. The van der Waals surface area contributed by atoms with Crippen LogP contribution in [0.5, 0.6) is 0 Å². The lowest BCUT2D eigenvalue weighted by atomic mass is 10.1. The smallest absolute Gasteiger partial charge is 0.315 e. The lowest BCUT2D eigenvalue weighted by Gasteiger charge is -2.14. The highest BCUT2D eigenvalue weighted by atomic mass is 32.1. The van der Waals surface area contributed by atoms with Gasteiger partial charge in [0.15, 0.2) is 0 Å². The zero-order valence-corrected chi connectivity index (χ0v) is 12.4. The molecule has 0 spiro atoms. The quantitative estimate of drug-likeness (QED) is 0.889. The van der Waals surface area contributed by atoms with Crippen LogP contribution in [-0.2, 0) is 6.42 Å². The van der Waals surface area contributed by atoms with Crippen molar-refractivity contribution in [2.45, 2.75) is 26.3 Å². The van der Waals surface area contributed by atoms with E-state index in [1.54, 1.807) is 23.7 Å². The van der Waals surface area contributed by atoms with Gasteiger partial charge in [0.2, 0.25) is 0 Å². The van der Waals surface area contributed by atoms with Crippen LogP contribution in [0.3, 0.4) is 0 Å². The molecule has 0 fully saturated rings. The van der Waals surface area contributed by atoms with Crippen molar-refractivity contribution >= 4 is 17.4 Å². The maximum absolute atomic E-state index is 11.8. The number of aryl methyl sites for hydroxylation is 1. The molecular weight excluding hydrogens is 272 g/mol. The molecule has 106 valence electrons. The summed E-state index contributed by atoms with van der Waals surface area (Å²) in [5.41, 5.74) is 2.01. The Hall–Kier alpha value is -1.95. The predicted octanol–water partition coefficient (Wildman–Crippen LogP) is 2.45. The Morgan fingerprint density at radius 1 is 1.50 bits per heavy atom. The molecule has 6 heteroatoms. The molecule has 2 N–H and O–H groups in total. The average Bonchev–Trinajstić information content (AvgIpc) is 2.85. The second-order valence-corrected chi connectivity index (χ2v) is 5.58. The fourth-order valence-electron chi connectivity index (χ4n) is 1.79. The molecule has 0 bridgehead atoms. The summed E-state index contributed by atoms with van der Waals surface area (Å²) in [7, 11) is 0. The van der Waals surface area contributed by atoms with E-state index in [-0.39, 0.29) is 12.1 Å². The van der Waals surface area contributed by atoms with Gasteiger partial charge in [-0.15, -0.1) is 11.3 Å². The number of amides is 2. The minimum atomic E-state index is -0.173. The molecule has 1 unspecified atom stereocenters. The molecule has 0 aromatic carbocycles. The number of nitrogens with one attached hydrogen (secondary N) is 2. The van der Waals surface area contributed by atoms with Crippen LogP contribution in [0.1, 0.15) is 29.2 Å². The van der Waals surface area contributed by atoms with Crippen molar-refractivity contribution in [3.05, 3.63) is 46.2 Å². The van der Waals surface area contributed by atoms with Gasteiger partial charge in [-0.2, -0.15) is 0 Å². The van der Waals surface area contributed by atoms with E-state index < -0.39 is 0 Å². The fraction of sp³-hybridized carbons (Fsp3) is 0.357. The first-order chi connectivity index (χ1) is 9.65. The Morgan fingerprint density at radius 2 is 2.35 bits per heavy atom. The van der Waals surface area contributed by atoms with Crippen molar-refractivity contribution in [2.75, 3.05) is 6.54 Å². The van der Waals surface area contributed by atoms with Gasteiger partial charge in [0.1, 0.15) is 0 Å². The fourth-order valence-corrected chi connectivity index (χ4v) is 2.44. The molecule has 20 heavy (non-hydrogen) atoms. The molecule has 0 aliphatic carbocycles. The number of thiazole rings is 1. The third-order valence-electron chi connectivity index (χ3n) is 2.87. The summed E-state index contributed by atoms with van der Waals surface area (Å²) >= 11 is 1.62. The number of carbonyl (C=O) groups excluding carboxylic acids is 1. The second kappa shape index (κ2) is 7.00. The number of rotatable bonds is 5. The van der Waals surface area contributed by atoms with Crippen LogP contribution in [0.4, 0.5) is 4.79 Å². The topological polar surface area (TPSA) is 66.9 Å². The van der Waals surface area contributed by atoms with Gasteiger partial charge in [-0.3, -0.25) is 4.98 Å². The van der Waals surface area contributed by atoms with Gasteiger partial charge in [0, 0.05) is 30.7 Å². The molecule has 2 aromatic heterocycles. The molecule has 0 aliphatic rings. The Kier molecular flexibility index (Phi) is 5.06. The SMILES string of the molecule is Cc1nc(CCNC(=O)NC(C)c2cccnc2)cs1. The van der Waals surface area contributed by atoms with Crippen molar-refractivity contribution in [3.63, 3.8) is 0 Å². The average molecular weight is 290 g/mol. The first kappa shape index (κ1) is 14.5. The molecule has 0 radical (unpaired) electrons. The van der Waals surface area contributed by atoms with E-state index in [1.165, 1.54) is 0 Å². The Bertz CT molecular complexity index is 555. The van der Waals surface area contributed by atoms with E-state index >= 15 is 0 Å². The summed E-state index contributed by atoms with van der Waals surface area (Å²) in [5.74, 6) is 0. The van der Waals surface area contributed by atoms with Crippen LogP contribution < -0.4 is 10.6 Å². The van der Waals surface area contributed by atoms with E-state index in [9.17, 15) is 4.79 Å². The zero-order valence-electron chi connectivity index (χ0n) is 11.6. The van der Waals surface area contributed by atoms with Crippen LogP contribution in [0, 0.1) is 6.92 Å². The minimum absolute atomic E-state index is 0.0646. The first-order valence-corrected chi connectivity index (χ1v) is 7.38. The summed E-state index contributed by atoms with van der Waals surface area (Å²) < 4.78 is 0. The molecule has 2 heterocycles. The highest BCUT2D eigenvalue weighted by molar-refractivity contribution is 7.09. The lowest BCUT2D eigenvalue weighted by Crippen LogP contribution is -2.38. The third kappa shape index (κ3) is 4.31. The van der Waals surface area contributed by atoms with Crippen LogP contribution in [0.15, 0.2) is 29.9 Å². The number of hydrogen-bond acceptors (Lipinski definition) is 4. The zero-order chi connectivity index (χ0) is 14.4. The molecule has 2 aromatic rings. The third-order valence-corrected chi connectivity index (χ3v) is 3.69. The molecule has 5 nitrogen and oxygen atoms in total. The molecule has 1 atom stereocenters.